The molecule has 0 aromatic carbocycles. The van der Waals surface area contributed by atoms with Crippen molar-refractivity contribution in [1.82, 2.24) is 20.0 Å². The Balaban J connectivity index is 2.19. The molecule has 7 heteroatoms. The van der Waals surface area contributed by atoms with E-state index >= 15 is 0 Å². The maximum atomic E-state index is 13.8. The first-order valence-corrected chi connectivity index (χ1v) is 14.5. The van der Waals surface area contributed by atoms with Gasteiger partial charge in [0, 0.05) is 31.8 Å². The van der Waals surface area contributed by atoms with Crippen molar-refractivity contribution in [1.29, 1.82) is 0 Å². The second-order valence-electron chi connectivity index (χ2n) is 12.8. The van der Waals surface area contributed by atoms with Crippen LogP contribution >= 0.6 is 0 Å². The van der Waals surface area contributed by atoms with Crippen molar-refractivity contribution in [2.45, 2.75) is 112 Å². The van der Waals surface area contributed by atoms with E-state index in [0.29, 0.717) is 17.4 Å². The van der Waals surface area contributed by atoms with Crippen molar-refractivity contribution < 1.29 is 14.4 Å². The summed E-state index contributed by atoms with van der Waals surface area (Å²) < 4.78 is 0. The van der Waals surface area contributed by atoms with E-state index in [-0.39, 0.29) is 47.7 Å². The molecule has 2 saturated heterocycles. The van der Waals surface area contributed by atoms with Crippen molar-refractivity contribution in [2.75, 3.05) is 26.7 Å². The Hall–Kier alpha value is -1.89. The lowest BCUT2D eigenvalue weighted by atomic mass is 9.91. The third-order valence-corrected chi connectivity index (χ3v) is 8.13. The van der Waals surface area contributed by atoms with Crippen LogP contribution in [-0.2, 0) is 14.4 Å². The lowest BCUT2D eigenvalue weighted by molar-refractivity contribution is -0.140. The molecule has 2 fully saturated rings. The number of nitrogens with one attached hydrogen (secondary N) is 1. The molecule has 0 aromatic rings. The zero-order valence-electron chi connectivity index (χ0n) is 25.2. The van der Waals surface area contributed by atoms with E-state index in [1.165, 1.54) is 0 Å². The smallest absolute Gasteiger partial charge is 0.249 e. The highest BCUT2D eigenvalue weighted by molar-refractivity contribution is 5.93. The Bertz CT molecular complexity index is 812. The topological polar surface area (TPSA) is 73.0 Å². The zero-order chi connectivity index (χ0) is 28.0. The molecule has 2 aliphatic rings. The van der Waals surface area contributed by atoms with Crippen LogP contribution in [0.25, 0.3) is 0 Å². The van der Waals surface area contributed by atoms with E-state index in [0.717, 1.165) is 45.3 Å². The number of nitrogens with zero attached hydrogens (tertiary/aromatic N) is 3. The van der Waals surface area contributed by atoms with Crippen LogP contribution in [0.1, 0.15) is 88.0 Å². The second kappa shape index (κ2) is 13.8. The summed E-state index contributed by atoms with van der Waals surface area (Å²) in [6, 6.07) is -0.754. The number of amides is 3. The van der Waals surface area contributed by atoms with E-state index < -0.39 is 6.04 Å². The van der Waals surface area contributed by atoms with E-state index in [9.17, 15) is 14.4 Å². The summed E-state index contributed by atoms with van der Waals surface area (Å²) in [5.74, 6) is 0.967. The molecule has 3 amide bonds. The first kappa shape index (κ1) is 31.3. The Morgan fingerprint density at radius 2 is 1.54 bits per heavy atom. The first-order chi connectivity index (χ1) is 17.2. The molecule has 0 aromatic heterocycles. The van der Waals surface area contributed by atoms with E-state index in [1.807, 2.05) is 31.7 Å². The third kappa shape index (κ3) is 8.30. The van der Waals surface area contributed by atoms with Gasteiger partial charge in [0.25, 0.3) is 0 Å². The minimum Gasteiger partial charge on any atom is -0.343 e. The van der Waals surface area contributed by atoms with Gasteiger partial charge in [-0.2, -0.15) is 0 Å². The quantitative estimate of drug-likeness (QED) is 0.461. The molecule has 3 unspecified atom stereocenters. The molecule has 2 heterocycles. The summed E-state index contributed by atoms with van der Waals surface area (Å²) in [4.78, 5) is 46.4. The normalized spacial score (nSPS) is 25.4. The molecule has 0 bridgehead atoms. The van der Waals surface area contributed by atoms with Crippen molar-refractivity contribution >= 4 is 17.7 Å². The number of rotatable bonds is 9. The van der Waals surface area contributed by atoms with Crippen LogP contribution in [-0.4, -0.2) is 83.3 Å². The number of hydrogen-bond donors (Lipinski definition) is 1. The average molecular weight is 519 g/mol. The number of piperidine rings is 2. The van der Waals surface area contributed by atoms with Crippen LogP contribution in [0.3, 0.4) is 0 Å². The largest absolute Gasteiger partial charge is 0.343 e. The van der Waals surface area contributed by atoms with Gasteiger partial charge in [-0.15, -0.1) is 0 Å². The Labute approximate surface area is 226 Å². The van der Waals surface area contributed by atoms with Gasteiger partial charge in [-0.3, -0.25) is 19.3 Å². The average Bonchev–Trinajstić information content (AvgIpc) is 2.83. The molecular weight excluding hydrogens is 464 g/mol. The van der Waals surface area contributed by atoms with Gasteiger partial charge in [-0.05, 0) is 70.3 Å². The third-order valence-electron chi connectivity index (χ3n) is 8.13. The van der Waals surface area contributed by atoms with Gasteiger partial charge >= 0.3 is 0 Å². The Morgan fingerprint density at radius 1 is 0.946 bits per heavy atom. The van der Waals surface area contributed by atoms with Crippen LogP contribution in [0.4, 0.5) is 0 Å². The van der Waals surface area contributed by atoms with Crippen molar-refractivity contribution in [3.05, 3.63) is 11.6 Å². The fourth-order valence-corrected chi connectivity index (χ4v) is 6.14. The highest BCUT2D eigenvalue weighted by Crippen LogP contribution is 2.24. The summed E-state index contributed by atoms with van der Waals surface area (Å²) in [6.45, 7) is 21.1. The summed E-state index contributed by atoms with van der Waals surface area (Å²) in [7, 11) is 1.80. The fourth-order valence-electron chi connectivity index (χ4n) is 6.14. The molecule has 37 heavy (non-hydrogen) atoms. The molecule has 212 valence electrons. The minimum absolute atomic E-state index is 0.0502. The number of carbonyl (C=O) groups excluding carboxylic acids is 3. The minimum atomic E-state index is -0.608. The van der Waals surface area contributed by atoms with Crippen LogP contribution < -0.4 is 5.32 Å². The predicted octanol–water partition coefficient (Wildman–Crippen LogP) is 4.32. The SMILES string of the molecule is C/C(=C\[C@H](C(C)C)N(C)C(=O)[C@@H](NC(=O)C1CCCCN1C(C)C)C(C)C)C(=O)N1CC(C)CC(C)C1. The highest BCUT2D eigenvalue weighted by Gasteiger charge is 2.36. The molecule has 5 atom stereocenters. The fraction of sp³-hybridized carbons (Fsp3) is 0.833. The first-order valence-electron chi connectivity index (χ1n) is 14.5. The highest BCUT2D eigenvalue weighted by atomic mass is 16.2. The summed E-state index contributed by atoms with van der Waals surface area (Å²) >= 11 is 0. The number of carbonyl (C=O) groups is 3. The van der Waals surface area contributed by atoms with Crippen LogP contribution in [0, 0.1) is 23.7 Å². The number of likely N-dealkylation sites (N-methyl/N-ethyl adjacent to an activating group) is 1. The van der Waals surface area contributed by atoms with Crippen LogP contribution in [0.2, 0.25) is 0 Å². The van der Waals surface area contributed by atoms with Crippen LogP contribution in [0.15, 0.2) is 11.6 Å². The van der Waals surface area contributed by atoms with Gasteiger partial charge in [0.2, 0.25) is 17.7 Å². The van der Waals surface area contributed by atoms with E-state index in [2.05, 4.69) is 51.8 Å². The molecular formula is C30H54N4O3. The maximum Gasteiger partial charge on any atom is 0.249 e. The summed E-state index contributed by atoms with van der Waals surface area (Å²) in [5, 5.41) is 3.12. The summed E-state index contributed by atoms with van der Waals surface area (Å²) in [6.07, 6.45) is 6.06. The molecule has 2 rings (SSSR count). The Kier molecular flexibility index (Phi) is 11.7. The molecule has 0 aliphatic carbocycles. The van der Waals surface area contributed by atoms with Gasteiger partial charge in [0.1, 0.15) is 6.04 Å². The van der Waals surface area contributed by atoms with Crippen molar-refractivity contribution in [3.8, 4) is 0 Å². The van der Waals surface area contributed by atoms with E-state index in [1.54, 1.807) is 11.9 Å². The van der Waals surface area contributed by atoms with Gasteiger partial charge in [-0.25, -0.2) is 0 Å². The second-order valence-corrected chi connectivity index (χ2v) is 12.8. The van der Waals surface area contributed by atoms with Gasteiger partial charge in [0.15, 0.2) is 0 Å². The lowest BCUT2D eigenvalue weighted by Gasteiger charge is -2.39. The monoisotopic (exact) mass is 518 g/mol. The molecule has 2 aliphatic heterocycles. The molecule has 1 N–H and O–H groups in total. The van der Waals surface area contributed by atoms with Crippen molar-refractivity contribution in [2.24, 2.45) is 23.7 Å². The number of hydrogen-bond acceptors (Lipinski definition) is 4. The number of likely N-dealkylation sites (tertiary alicyclic amines) is 2. The van der Waals surface area contributed by atoms with Gasteiger partial charge < -0.3 is 15.1 Å². The van der Waals surface area contributed by atoms with Crippen molar-refractivity contribution in [3.63, 3.8) is 0 Å². The van der Waals surface area contributed by atoms with Crippen LogP contribution in [0.5, 0.6) is 0 Å². The Morgan fingerprint density at radius 3 is 2.05 bits per heavy atom. The van der Waals surface area contributed by atoms with E-state index in [4.69, 9.17) is 0 Å². The lowest BCUT2D eigenvalue weighted by Crippen LogP contribution is -2.58. The zero-order valence-corrected chi connectivity index (χ0v) is 25.2. The molecule has 7 nitrogen and oxygen atoms in total. The predicted molar refractivity (Wildman–Crippen MR) is 151 cm³/mol. The van der Waals surface area contributed by atoms with Gasteiger partial charge in [0.05, 0.1) is 12.1 Å². The maximum absolute atomic E-state index is 13.8. The molecule has 0 spiro atoms. The van der Waals surface area contributed by atoms with Gasteiger partial charge in [-0.1, -0.05) is 54.0 Å². The summed E-state index contributed by atoms with van der Waals surface area (Å²) in [5.41, 5.74) is 0.680. The molecule has 0 radical (unpaired) electrons. The standard InChI is InChI=1S/C30H54N4O3/c1-19(2)26(16-24(9)29(36)33-17-22(7)15-23(8)18-33)32(10)30(37)27(20(3)4)31-28(35)25-13-11-12-14-34(25)21(5)6/h16,19-23,25-27H,11-15,17-18H2,1-10H3,(H,31,35)/b24-16+/t22?,23?,25?,26-,27+/m1/s1. The molecule has 0 saturated carbocycles.